The van der Waals surface area contributed by atoms with Crippen LogP contribution >= 0.6 is 0 Å². The molecule has 0 spiro atoms. The number of nitrogens with one attached hydrogen (secondary N) is 1. The number of pyridine rings is 1. The molecule has 0 fully saturated rings. The van der Waals surface area contributed by atoms with Gasteiger partial charge >= 0.3 is 0 Å². The zero-order chi connectivity index (χ0) is 8.27. The van der Waals surface area contributed by atoms with Crippen molar-refractivity contribution < 1.29 is 4.79 Å². The summed E-state index contributed by atoms with van der Waals surface area (Å²) in [6.45, 7) is 3.34. The van der Waals surface area contributed by atoms with Gasteiger partial charge in [0, 0.05) is 12.6 Å². The van der Waals surface area contributed by atoms with Gasteiger partial charge in [0.15, 0.2) is 0 Å². The van der Waals surface area contributed by atoms with Gasteiger partial charge in [0.2, 0.25) is 5.91 Å². The van der Waals surface area contributed by atoms with E-state index in [1.54, 1.807) is 6.07 Å². The number of hydrogen-bond acceptors (Lipinski definition) is 2. The SMILES string of the molecule is CC(=O)Nc1cccc(C)n1. The summed E-state index contributed by atoms with van der Waals surface area (Å²) in [5.41, 5.74) is 0.899. The van der Waals surface area contributed by atoms with Gasteiger partial charge in [-0.3, -0.25) is 4.79 Å². The van der Waals surface area contributed by atoms with Crippen LogP contribution in [0.4, 0.5) is 5.82 Å². The van der Waals surface area contributed by atoms with Crippen LogP contribution in [0.3, 0.4) is 0 Å². The minimum atomic E-state index is -0.0944. The Balaban J connectivity index is 2.79. The Morgan fingerprint density at radius 1 is 1.55 bits per heavy atom. The maximum absolute atomic E-state index is 10.6. The number of carbonyl (C=O) groups is 1. The van der Waals surface area contributed by atoms with E-state index in [4.69, 9.17) is 0 Å². The Morgan fingerprint density at radius 3 is 2.82 bits per heavy atom. The van der Waals surface area contributed by atoms with Gasteiger partial charge in [0.1, 0.15) is 5.82 Å². The monoisotopic (exact) mass is 150 g/mol. The molecule has 58 valence electrons. The number of hydrogen-bond donors (Lipinski definition) is 1. The Labute approximate surface area is 65.5 Å². The van der Waals surface area contributed by atoms with Gasteiger partial charge in [-0.25, -0.2) is 4.98 Å². The number of aromatic nitrogens is 1. The standard InChI is InChI=1S/C8H10N2O/c1-6-4-3-5-8(9-6)10-7(2)11/h3-5H,1-2H3,(H,9,10,11). The second-order valence-electron chi connectivity index (χ2n) is 2.35. The van der Waals surface area contributed by atoms with Crippen molar-refractivity contribution in [3.8, 4) is 0 Å². The molecule has 3 nitrogen and oxygen atoms in total. The molecule has 1 heterocycles. The summed E-state index contributed by atoms with van der Waals surface area (Å²) in [6, 6.07) is 5.49. The molecule has 11 heavy (non-hydrogen) atoms. The first-order chi connectivity index (χ1) is 5.18. The van der Waals surface area contributed by atoms with Crippen molar-refractivity contribution in [2.45, 2.75) is 13.8 Å². The lowest BCUT2D eigenvalue weighted by molar-refractivity contribution is -0.114. The summed E-state index contributed by atoms with van der Waals surface area (Å²) < 4.78 is 0. The summed E-state index contributed by atoms with van der Waals surface area (Å²) in [5, 5.41) is 2.60. The normalized spacial score (nSPS) is 9.27. The number of rotatable bonds is 1. The van der Waals surface area contributed by atoms with Crippen molar-refractivity contribution in [2.75, 3.05) is 5.32 Å². The molecule has 0 atom stereocenters. The van der Waals surface area contributed by atoms with Gasteiger partial charge in [0.25, 0.3) is 0 Å². The lowest BCUT2D eigenvalue weighted by atomic mass is 10.4. The quantitative estimate of drug-likeness (QED) is 0.656. The molecule has 0 aromatic carbocycles. The third kappa shape index (κ3) is 2.37. The molecule has 0 saturated heterocycles. The Hall–Kier alpha value is -1.38. The summed E-state index contributed by atoms with van der Waals surface area (Å²) in [5.74, 6) is 0.514. The van der Waals surface area contributed by atoms with E-state index in [1.165, 1.54) is 6.92 Å². The second-order valence-corrected chi connectivity index (χ2v) is 2.35. The van der Waals surface area contributed by atoms with Crippen molar-refractivity contribution in [1.29, 1.82) is 0 Å². The molecular formula is C8H10N2O. The zero-order valence-electron chi connectivity index (χ0n) is 6.59. The summed E-state index contributed by atoms with van der Waals surface area (Å²) in [7, 11) is 0. The number of nitrogens with zero attached hydrogens (tertiary/aromatic N) is 1. The lowest BCUT2D eigenvalue weighted by Crippen LogP contribution is -2.07. The van der Waals surface area contributed by atoms with Crippen molar-refractivity contribution in [3.63, 3.8) is 0 Å². The molecule has 0 bridgehead atoms. The summed E-state index contributed by atoms with van der Waals surface area (Å²) in [6.07, 6.45) is 0. The number of amides is 1. The minimum Gasteiger partial charge on any atom is -0.311 e. The van der Waals surface area contributed by atoms with Crippen LogP contribution in [0.15, 0.2) is 18.2 Å². The first-order valence-corrected chi connectivity index (χ1v) is 3.40. The molecule has 3 heteroatoms. The highest BCUT2D eigenvalue weighted by atomic mass is 16.1. The molecule has 1 amide bonds. The maximum atomic E-state index is 10.6. The number of carbonyl (C=O) groups excluding carboxylic acids is 1. The number of aryl methyl sites for hydroxylation is 1. The highest BCUT2D eigenvalue weighted by molar-refractivity contribution is 5.87. The fourth-order valence-electron chi connectivity index (χ4n) is 0.793. The largest absolute Gasteiger partial charge is 0.311 e. The highest BCUT2D eigenvalue weighted by Crippen LogP contribution is 2.02. The van der Waals surface area contributed by atoms with Crippen molar-refractivity contribution >= 4 is 11.7 Å². The van der Waals surface area contributed by atoms with E-state index in [-0.39, 0.29) is 5.91 Å². The van der Waals surface area contributed by atoms with Crippen LogP contribution in [0.2, 0.25) is 0 Å². The van der Waals surface area contributed by atoms with Crippen molar-refractivity contribution in [2.24, 2.45) is 0 Å². The molecular weight excluding hydrogens is 140 g/mol. The molecule has 0 aliphatic rings. The van der Waals surface area contributed by atoms with Crippen LogP contribution in [0.1, 0.15) is 12.6 Å². The predicted octanol–water partition coefficient (Wildman–Crippen LogP) is 1.35. The van der Waals surface area contributed by atoms with Crippen molar-refractivity contribution in [3.05, 3.63) is 23.9 Å². The first-order valence-electron chi connectivity index (χ1n) is 3.40. The fourth-order valence-corrected chi connectivity index (χ4v) is 0.793. The Kier molecular flexibility index (Phi) is 2.21. The van der Waals surface area contributed by atoms with Crippen molar-refractivity contribution in [1.82, 2.24) is 4.98 Å². The summed E-state index contributed by atoms with van der Waals surface area (Å²) in [4.78, 5) is 14.7. The van der Waals surface area contributed by atoms with Crippen LogP contribution in [0, 0.1) is 6.92 Å². The van der Waals surface area contributed by atoms with E-state index in [0.29, 0.717) is 5.82 Å². The fraction of sp³-hybridized carbons (Fsp3) is 0.250. The topological polar surface area (TPSA) is 42.0 Å². The first kappa shape index (κ1) is 7.72. The van der Waals surface area contributed by atoms with E-state index < -0.39 is 0 Å². The summed E-state index contributed by atoms with van der Waals surface area (Å²) >= 11 is 0. The van der Waals surface area contributed by atoms with Crippen LogP contribution in [0.5, 0.6) is 0 Å². The zero-order valence-corrected chi connectivity index (χ0v) is 6.59. The minimum absolute atomic E-state index is 0.0944. The molecule has 1 N–H and O–H groups in total. The van der Waals surface area contributed by atoms with Gasteiger partial charge in [-0.05, 0) is 19.1 Å². The van der Waals surface area contributed by atoms with E-state index in [1.807, 2.05) is 19.1 Å². The van der Waals surface area contributed by atoms with Gasteiger partial charge in [-0.2, -0.15) is 0 Å². The lowest BCUT2D eigenvalue weighted by Gasteiger charge is -1.99. The average molecular weight is 150 g/mol. The molecule has 1 aromatic heterocycles. The predicted molar refractivity (Wildman–Crippen MR) is 43.3 cm³/mol. The van der Waals surface area contributed by atoms with Gasteiger partial charge in [0.05, 0.1) is 0 Å². The molecule has 0 unspecified atom stereocenters. The van der Waals surface area contributed by atoms with Gasteiger partial charge in [-0.1, -0.05) is 6.07 Å². The smallest absolute Gasteiger partial charge is 0.222 e. The molecule has 0 saturated carbocycles. The third-order valence-electron chi connectivity index (χ3n) is 1.19. The highest BCUT2D eigenvalue weighted by Gasteiger charge is 1.94. The van der Waals surface area contributed by atoms with E-state index in [2.05, 4.69) is 10.3 Å². The van der Waals surface area contributed by atoms with E-state index >= 15 is 0 Å². The average Bonchev–Trinajstić information content (AvgIpc) is 1.85. The second kappa shape index (κ2) is 3.14. The molecule has 1 aromatic rings. The Bertz CT molecular complexity index is 271. The van der Waals surface area contributed by atoms with Crippen LogP contribution in [-0.4, -0.2) is 10.9 Å². The molecule has 0 aliphatic carbocycles. The van der Waals surface area contributed by atoms with Crippen LogP contribution in [0.25, 0.3) is 0 Å². The van der Waals surface area contributed by atoms with Crippen LogP contribution < -0.4 is 5.32 Å². The maximum Gasteiger partial charge on any atom is 0.222 e. The Morgan fingerprint density at radius 2 is 2.27 bits per heavy atom. The van der Waals surface area contributed by atoms with E-state index in [0.717, 1.165) is 5.69 Å². The molecule has 0 aliphatic heterocycles. The molecule has 1 rings (SSSR count). The van der Waals surface area contributed by atoms with Gasteiger partial charge < -0.3 is 5.32 Å². The number of anilines is 1. The van der Waals surface area contributed by atoms with Gasteiger partial charge in [-0.15, -0.1) is 0 Å². The van der Waals surface area contributed by atoms with E-state index in [9.17, 15) is 4.79 Å². The third-order valence-corrected chi connectivity index (χ3v) is 1.19. The van der Waals surface area contributed by atoms with Crippen LogP contribution in [-0.2, 0) is 4.79 Å². The molecule has 0 radical (unpaired) electrons.